The summed E-state index contributed by atoms with van der Waals surface area (Å²) in [6.45, 7) is 2.35. The number of amides is 2. The maximum absolute atomic E-state index is 12.9. The first-order valence-electron chi connectivity index (χ1n) is 12.1. The van der Waals surface area contributed by atoms with E-state index in [0.717, 1.165) is 35.1 Å². The number of alkyl carbamates (subject to hydrolysis) is 1. The summed E-state index contributed by atoms with van der Waals surface area (Å²) in [5.41, 5.74) is 3.82. The number of ether oxygens (including phenoxy) is 2. The van der Waals surface area contributed by atoms with Gasteiger partial charge in [0.25, 0.3) is 0 Å². The minimum absolute atomic E-state index is 0.0426. The molecule has 0 aromatic heterocycles. The predicted molar refractivity (Wildman–Crippen MR) is 128 cm³/mol. The van der Waals surface area contributed by atoms with E-state index in [1.807, 2.05) is 31.2 Å². The molecule has 5 rings (SSSR count). The zero-order valence-corrected chi connectivity index (χ0v) is 19.7. The Labute approximate surface area is 204 Å². The molecule has 3 aliphatic rings. The molecular weight excluding hydrogens is 448 g/mol. The molecule has 35 heavy (non-hydrogen) atoms. The minimum Gasteiger partial charge on any atom is -0.479 e. The number of carbonyl (C=O) groups is 3. The van der Waals surface area contributed by atoms with E-state index in [9.17, 15) is 19.5 Å². The summed E-state index contributed by atoms with van der Waals surface area (Å²) >= 11 is 0. The van der Waals surface area contributed by atoms with Gasteiger partial charge in [-0.2, -0.15) is 0 Å². The molecule has 1 aliphatic heterocycles. The van der Waals surface area contributed by atoms with Crippen molar-refractivity contribution in [2.75, 3.05) is 13.2 Å². The van der Waals surface area contributed by atoms with E-state index in [4.69, 9.17) is 9.47 Å². The highest BCUT2D eigenvalue weighted by atomic mass is 16.5. The van der Waals surface area contributed by atoms with Crippen LogP contribution in [-0.4, -0.2) is 54.0 Å². The van der Waals surface area contributed by atoms with Crippen molar-refractivity contribution in [2.45, 2.75) is 56.2 Å². The molecule has 2 aliphatic carbocycles. The first-order valence-corrected chi connectivity index (χ1v) is 12.1. The molecule has 8 heteroatoms. The Morgan fingerprint density at radius 3 is 2.26 bits per heavy atom. The van der Waals surface area contributed by atoms with Gasteiger partial charge in [0.15, 0.2) is 6.10 Å². The highest BCUT2D eigenvalue weighted by Crippen LogP contribution is 2.45. The number of nitrogens with one attached hydrogen (secondary N) is 2. The number of carbonyl (C=O) groups excluding carboxylic acids is 2. The number of benzene rings is 2. The van der Waals surface area contributed by atoms with E-state index in [0.29, 0.717) is 13.0 Å². The third kappa shape index (κ3) is 4.75. The van der Waals surface area contributed by atoms with Crippen molar-refractivity contribution in [1.82, 2.24) is 10.6 Å². The SMILES string of the molecule is CC(CC(=O)N[C@H]1CCO[C@H]1C(=O)O)(NC(=O)OCC1c2ccccc2-c2ccccc21)C1CC1. The standard InChI is InChI=1S/C27H30N2O6/c1-27(16-10-11-16,14-23(30)28-22-12-13-34-24(22)25(31)32)29-26(33)35-15-21-19-8-4-2-6-17(19)18-7-3-5-9-20(18)21/h2-9,16,21-22,24H,10-15H2,1H3,(H,28,30)(H,29,33)(H,31,32)/t22-,24+,27?/m0/s1. The smallest absolute Gasteiger partial charge is 0.407 e. The van der Waals surface area contributed by atoms with Crippen molar-refractivity contribution in [3.05, 3.63) is 59.7 Å². The second-order valence-corrected chi connectivity index (χ2v) is 9.91. The van der Waals surface area contributed by atoms with E-state index in [1.54, 1.807) is 0 Å². The molecule has 2 aromatic rings. The molecule has 1 heterocycles. The first-order chi connectivity index (χ1) is 16.9. The Hall–Kier alpha value is -3.39. The average Bonchev–Trinajstić information content (AvgIpc) is 3.52. The van der Waals surface area contributed by atoms with Gasteiger partial charge in [-0.3, -0.25) is 4.79 Å². The van der Waals surface area contributed by atoms with Gasteiger partial charge in [-0.15, -0.1) is 0 Å². The van der Waals surface area contributed by atoms with Crippen LogP contribution in [0.1, 0.15) is 49.7 Å². The molecule has 0 radical (unpaired) electrons. The van der Waals surface area contributed by atoms with Crippen molar-refractivity contribution in [2.24, 2.45) is 5.92 Å². The summed E-state index contributed by atoms with van der Waals surface area (Å²) < 4.78 is 10.9. The van der Waals surface area contributed by atoms with Gasteiger partial charge in [0.2, 0.25) is 5.91 Å². The van der Waals surface area contributed by atoms with Crippen LogP contribution in [0.2, 0.25) is 0 Å². The summed E-state index contributed by atoms with van der Waals surface area (Å²) in [6, 6.07) is 15.7. The molecule has 1 saturated carbocycles. The Bertz CT molecular complexity index is 1100. The second-order valence-electron chi connectivity index (χ2n) is 9.91. The van der Waals surface area contributed by atoms with Crippen LogP contribution in [0.4, 0.5) is 4.79 Å². The fraction of sp³-hybridized carbons (Fsp3) is 0.444. The van der Waals surface area contributed by atoms with Gasteiger partial charge in [-0.1, -0.05) is 48.5 Å². The fourth-order valence-electron chi connectivity index (χ4n) is 5.45. The Kier molecular flexibility index (Phi) is 6.23. The largest absolute Gasteiger partial charge is 0.479 e. The average molecular weight is 479 g/mol. The quantitative estimate of drug-likeness (QED) is 0.536. The van der Waals surface area contributed by atoms with Crippen molar-refractivity contribution in [3.8, 4) is 11.1 Å². The third-order valence-corrected chi connectivity index (χ3v) is 7.42. The number of aliphatic carboxylic acids is 1. The van der Waals surface area contributed by atoms with E-state index < -0.39 is 29.7 Å². The van der Waals surface area contributed by atoms with Crippen molar-refractivity contribution in [3.63, 3.8) is 0 Å². The van der Waals surface area contributed by atoms with Gasteiger partial charge >= 0.3 is 12.1 Å². The lowest BCUT2D eigenvalue weighted by Crippen LogP contribution is -2.53. The first kappa shape index (κ1) is 23.4. The molecule has 0 spiro atoms. The summed E-state index contributed by atoms with van der Waals surface area (Å²) in [7, 11) is 0. The molecule has 3 N–H and O–H groups in total. The Balaban J connectivity index is 1.21. The molecule has 1 saturated heterocycles. The van der Waals surface area contributed by atoms with Gasteiger partial charge in [0.1, 0.15) is 6.61 Å². The Morgan fingerprint density at radius 1 is 1.03 bits per heavy atom. The van der Waals surface area contributed by atoms with E-state index in [-0.39, 0.29) is 30.8 Å². The molecule has 2 fully saturated rings. The molecule has 0 bridgehead atoms. The Morgan fingerprint density at radius 2 is 1.66 bits per heavy atom. The molecule has 8 nitrogen and oxygen atoms in total. The van der Waals surface area contributed by atoms with Crippen LogP contribution < -0.4 is 10.6 Å². The number of fused-ring (bicyclic) bond motifs is 3. The molecular formula is C27H30N2O6. The monoisotopic (exact) mass is 478 g/mol. The number of carboxylic acid groups (broad SMARTS) is 1. The predicted octanol–water partition coefficient (Wildman–Crippen LogP) is 3.44. The van der Waals surface area contributed by atoms with E-state index in [2.05, 4.69) is 34.9 Å². The van der Waals surface area contributed by atoms with Crippen LogP contribution in [0.15, 0.2) is 48.5 Å². The fourth-order valence-corrected chi connectivity index (χ4v) is 5.45. The van der Waals surface area contributed by atoms with Crippen LogP contribution in [0.25, 0.3) is 11.1 Å². The summed E-state index contributed by atoms with van der Waals surface area (Å²) in [5.74, 6) is -1.27. The van der Waals surface area contributed by atoms with Crippen LogP contribution in [0, 0.1) is 5.92 Å². The normalized spacial score (nSPS) is 22.5. The maximum Gasteiger partial charge on any atom is 0.407 e. The number of rotatable bonds is 8. The van der Waals surface area contributed by atoms with Crippen LogP contribution in [-0.2, 0) is 19.1 Å². The molecule has 184 valence electrons. The zero-order chi connectivity index (χ0) is 24.6. The van der Waals surface area contributed by atoms with Crippen LogP contribution >= 0.6 is 0 Å². The van der Waals surface area contributed by atoms with E-state index in [1.165, 1.54) is 0 Å². The van der Waals surface area contributed by atoms with Gasteiger partial charge in [-0.25, -0.2) is 9.59 Å². The van der Waals surface area contributed by atoms with Crippen LogP contribution in [0.5, 0.6) is 0 Å². The highest BCUT2D eigenvalue weighted by molar-refractivity contribution is 5.81. The molecule has 1 unspecified atom stereocenters. The van der Waals surface area contributed by atoms with Crippen LogP contribution in [0.3, 0.4) is 0 Å². The van der Waals surface area contributed by atoms with Crippen molar-refractivity contribution in [1.29, 1.82) is 0 Å². The van der Waals surface area contributed by atoms with Gasteiger partial charge in [0, 0.05) is 18.9 Å². The summed E-state index contributed by atoms with van der Waals surface area (Å²) in [6.07, 6.45) is 0.728. The van der Waals surface area contributed by atoms with E-state index >= 15 is 0 Å². The van der Waals surface area contributed by atoms with Gasteiger partial charge < -0.3 is 25.2 Å². The van der Waals surface area contributed by atoms with Crippen molar-refractivity contribution >= 4 is 18.0 Å². The molecule has 2 amide bonds. The second kappa shape index (κ2) is 9.34. The number of carboxylic acids is 1. The minimum atomic E-state index is -1.09. The highest BCUT2D eigenvalue weighted by Gasteiger charge is 2.45. The summed E-state index contributed by atoms with van der Waals surface area (Å²) in [4.78, 5) is 37.0. The number of hydrogen-bond donors (Lipinski definition) is 3. The lowest BCUT2D eigenvalue weighted by molar-refractivity contribution is -0.148. The van der Waals surface area contributed by atoms with Gasteiger partial charge in [0.05, 0.1) is 11.6 Å². The zero-order valence-electron chi connectivity index (χ0n) is 19.7. The third-order valence-electron chi connectivity index (χ3n) is 7.42. The lowest BCUT2D eigenvalue weighted by atomic mass is 9.91. The topological polar surface area (TPSA) is 114 Å². The van der Waals surface area contributed by atoms with Crippen molar-refractivity contribution < 1.29 is 29.0 Å². The molecule has 2 aromatic carbocycles. The summed E-state index contributed by atoms with van der Waals surface area (Å²) in [5, 5.41) is 15.0. The maximum atomic E-state index is 12.9. The number of hydrogen-bond acceptors (Lipinski definition) is 5. The lowest BCUT2D eigenvalue weighted by Gasteiger charge is -2.31. The van der Waals surface area contributed by atoms with Gasteiger partial charge in [-0.05, 0) is 54.4 Å². The molecule has 3 atom stereocenters.